The number of thioether (sulfide) groups is 2. The van der Waals surface area contributed by atoms with Crippen molar-refractivity contribution < 1.29 is 0 Å². The predicted molar refractivity (Wildman–Crippen MR) is 62.6 cm³/mol. The van der Waals surface area contributed by atoms with E-state index in [1.807, 2.05) is 6.92 Å². The van der Waals surface area contributed by atoms with Gasteiger partial charge in [0.15, 0.2) is 0 Å². The van der Waals surface area contributed by atoms with Crippen molar-refractivity contribution in [2.24, 2.45) is 5.73 Å². The Morgan fingerprint density at radius 3 is 2.38 bits per heavy atom. The summed E-state index contributed by atoms with van der Waals surface area (Å²) in [7, 11) is 0. The van der Waals surface area contributed by atoms with E-state index in [1.165, 1.54) is 15.4 Å². The molecule has 1 rings (SSSR count). The van der Waals surface area contributed by atoms with E-state index in [0.717, 1.165) is 0 Å². The Balaban J connectivity index is 3.08. The minimum atomic E-state index is 0.123. The van der Waals surface area contributed by atoms with Crippen molar-refractivity contribution in [2.75, 3.05) is 12.5 Å². The summed E-state index contributed by atoms with van der Waals surface area (Å²) in [6, 6.07) is 6.58. The summed E-state index contributed by atoms with van der Waals surface area (Å²) < 4.78 is 0. The van der Waals surface area contributed by atoms with Crippen molar-refractivity contribution in [3.05, 3.63) is 23.8 Å². The third-order valence-corrected chi connectivity index (χ3v) is 3.45. The maximum Gasteiger partial charge on any atom is 0.0277 e. The van der Waals surface area contributed by atoms with Gasteiger partial charge in [0.05, 0.1) is 0 Å². The maximum absolute atomic E-state index is 5.86. The van der Waals surface area contributed by atoms with Gasteiger partial charge in [-0.1, -0.05) is 6.07 Å². The molecule has 0 aliphatic rings. The molecule has 13 heavy (non-hydrogen) atoms. The molecule has 0 saturated heterocycles. The zero-order chi connectivity index (χ0) is 9.84. The van der Waals surface area contributed by atoms with Crippen LogP contribution in [0.3, 0.4) is 0 Å². The zero-order valence-electron chi connectivity index (χ0n) is 8.20. The second-order valence-corrected chi connectivity index (χ2v) is 4.62. The highest BCUT2D eigenvalue weighted by Gasteiger charge is 2.06. The molecular formula is C10H15NS2. The van der Waals surface area contributed by atoms with Crippen molar-refractivity contribution in [1.29, 1.82) is 0 Å². The largest absolute Gasteiger partial charge is 0.324 e. The SMILES string of the molecule is CSc1ccc(C(C)N)c(SC)c1. The van der Waals surface area contributed by atoms with E-state index >= 15 is 0 Å². The van der Waals surface area contributed by atoms with E-state index in [4.69, 9.17) is 5.73 Å². The number of rotatable bonds is 3. The molecular weight excluding hydrogens is 198 g/mol. The Morgan fingerprint density at radius 2 is 1.92 bits per heavy atom. The molecule has 0 heterocycles. The van der Waals surface area contributed by atoms with Crippen molar-refractivity contribution in [1.82, 2.24) is 0 Å². The first-order valence-electron chi connectivity index (χ1n) is 4.16. The Labute approximate surface area is 88.5 Å². The van der Waals surface area contributed by atoms with E-state index in [9.17, 15) is 0 Å². The molecule has 0 spiro atoms. The van der Waals surface area contributed by atoms with Gasteiger partial charge in [0, 0.05) is 15.8 Å². The molecule has 1 aromatic carbocycles. The normalized spacial score (nSPS) is 12.9. The highest BCUT2D eigenvalue weighted by atomic mass is 32.2. The first-order valence-corrected chi connectivity index (χ1v) is 6.61. The van der Waals surface area contributed by atoms with Crippen molar-refractivity contribution in [3.63, 3.8) is 0 Å². The van der Waals surface area contributed by atoms with Crippen LogP contribution in [-0.4, -0.2) is 12.5 Å². The fourth-order valence-corrected chi connectivity index (χ4v) is 2.44. The Kier molecular flexibility index (Phi) is 4.16. The van der Waals surface area contributed by atoms with Gasteiger partial charge in [0.25, 0.3) is 0 Å². The fourth-order valence-electron chi connectivity index (χ4n) is 1.19. The van der Waals surface area contributed by atoms with E-state index in [2.05, 4.69) is 30.7 Å². The first kappa shape index (κ1) is 11.0. The van der Waals surface area contributed by atoms with Crippen LogP contribution in [0, 0.1) is 0 Å². The molecule has 72 valence electrons. The van der Waals surface area contributed by atoms with Gasteiger partial charge in [-0.25, -0.2) is 0 Å². The molecule has 2 N–H and O–H groups in total. The molecule has 0 fully saturated rings. The first-order chi connectivity index (χ1) is 6.19. The van der Waals surface area contributed by atoms with Crippen LogP contribution >= 0.6 is 23.5 Å². The molecule has 0 aromatic heterocycles. The molecule has 1 atom stereocenters. The van der Waals surface area contributed by atoms with Crippen molar-refractivity contribution >= 4 is 23.5 Å². The molecule has 0 aliphatic heterocycles. The summed E-state index contributed by atoms with van der Waals surface area (Å²) in [5.41, 5.74) is 7.10. The minimum Gasteiger partial charge on any atom is -0.324 e. The van der Waals surface area contributed by atoms with Crippen LogP contribution in [0.5, 0.6) is 0 Å². The summed E-state index contributed by atoms with van der Waals surface area (Å²) in [4.78, 5) is 2.59. The molecule has 1 aromatic rings. The average molecular weight is 213 g/mol. The summed E-state index contributed by atoms with van der Waals surface area (Å²) in [6.07, 6.45) is 4.18. The van der Waals surface area contributed by atoms with Crippen LogP contribution in [0.15, 0.2) is 28.0 Å². The minimum absolute atomic E-state index is 0.123. The van der Waals surface area contributed by atoms with Crippen LogP contribution in [-0.2, 0) is 0 Å². The quantitative estimate of drug-likeness (QED) is 0.781. The molecule has 3 heteroatoms. The number of benzene rings is 1. The smallest absolute Gasteiger partial charge is 0.0277 e. The lowest BCUT2D eigenvalue weighted by Gasteiger charge is -2.11. The highest BCUT2D eigenvalue weighted by molar-refractivity contribution is 7.99. The van der Waals surface area contributed by atoms with Crippen LogP contribution < -0.4 is 5.73 Å². The van der Waals surface area contributed by atoms with Gasteiger partial charge in [0.2, 0.25) is 0 Å². The van der Waals surface area contributed by atoms with Gasteiger partial charge in [-0.3, -0.25) is 0 Å². The molecule has 0 aliphatic carbocycles. The third-order valence-electron chi connectivity index (χ3n) is 1.93. The lowest BCUT2D eigenvalue weighted by molar-refractivity contribution is 0.795. The van der Waals surface area contributed by atoms with Gasteiger partial charge < -0.3 is 5.73 Å². The lowest BCUT2D eigenvalue weighted by Crippen LogP contribution is -2.06. The zero-order valence-corrected chi connectivity index (χ0v) is 9.84. The van der Waals surface area contributed by atoms with Crippen LogP contribution in [0.1, 0.15) is 18.5 Å². The summed E-state index contributed by atoms with van der Waals surface area (Å²) >= 11 is 3.52. The van der Waals surface area contributed by atoms with E-state index in [0.29, 0.717) is 0 Å². The average Bonchev–Trinajstić information content (AvgIpc) is 2.16. The second-order valence-electron chi connectivity index (χ2n) is 2.90. The van der Waals surface area contributed by atoms with Crippen molar-refractivity contribution in [2.45, 2.75) is 22.8 Å². The number of hydrogen-bond acceptors (Lipinski definition) is 3. The van der Waals surface area contributed by atoms with Gasteiger partial charge >= 0.3 is 0 Å². The van der Waals surface area contributed by atoms with Crippen LogP contribution in [0.25, 0.3) is 0 Å². The summed E-state index contributed by atoms with van der Waals surface area (Å²) in [6.45, 7) is 2.02. The molecule has 0 bridgehead atoms. The maximum atomic E-state index is 5.86. The Morgan fingerprint density at radius 1 is 1.23 bits per heavy atom. The standard InChI is InChI=1S/C10H15NS2/c1-7(11)9-5-4-8(12-2)6-10(9)13-3/h4-7H,11H2,1-3H3. The highest BCUT2D eigenvalue weighted by Crippen LogP contribution is 2.28. The van der Waals surface area contributed by atoms with Gasteiger partial charge in [-0.15, -0.1) is 23.5 Å². The van der Waals surface area contributed by atoms with Crippen molar-refractivity contribution in [3.8, 4) is 0 Å². The van der Waals surface area contributed by atoms with E-state index < -0.39 is 0 Å². The van der Waals surface area contributed by atoms with E-state index in [-0.39, 0.29) is 6.04 Å². The monoisotopic (exact) mass is 213 g/mol. The van der Waals surface area contributed by atoms with E-state index in [1.54, 1.807) is 23.5 Å². The van der Waals surface area contributed by atoms with Crippen LogP contribution in [0.2, 0.25) is 0 Å². The summed E-state index contributed by atoms with van der Waals surface area (Å²) in [5, 5.41) is 0. The molecule has 0 saturated carbocycles. The Hall–Kier alpha value is -0.120. The topological polar surface area (TPSA) is 26.0 Å². The predicted octanol–water partition coefficient (Wildman–Crippen LogP) is 3.15. The lowest BCUT2D eigenvalue weighted by atomic mass is 10.1. The molecule has 1 nitrogen and oxygen atoms in total. The van der Waals surface area contributed by atoms with Gasteiger partial charge in [0.1, 0.15) is 0 Å². The second kappa shape index (κ2) is 4.94. The molecule has 0 radical (unpaired) electrons. The summed E-state index contributed by atoms with van der Waals surface area (Å²) in [5.74, 6) is 0. The molecule has 0 amide bonds. The van der Waals surface area contributed by atoms with Gasteiger partial charge in [-0.05, 0) is 37.1 Å². The Bertz CT molecular complexity index is 284. The number of nitrogens with two attached hydrogens (primary N) is 1. The van der Waals surface area contributed by atoms with Gasteiger partial charge in [-0.2, -0.15) is 0 Å². The third kappa shape index (κ3) is 2.66. The fraction of sp³-hybridized carbons (Fsp3) is 0.400. The van der Waals surface area contributed by atoms with Crippen LogP contribution in [0.4, 0.5) is 0 Å². The number of hydrogen-bond donors (Lipinski definition) is 1. The molecule has 1 unspecified atom stereocenters.